The van der Waals surface area contributed by atoms with Crippen molar-refractivity contribution in [2.75, 3.05) is 0 Å². The smallest absolute Gasteiger partial charge is 0.335 e. The highest BCUT2D eigenvalue weighted by Gasteiger charge is 2.20. The van der Waals surface area contributed by atoms with Crippen molar-refractivity contribution < 1.29 is 19.5 Å². The van der Waals surface area contributed by atoms with Crippen LogP contribution in [0.5, 0.6) is 0 Å². The minimum atomic E-state index is -1.04. The van der Waals surface area contributed by atoms with Crippen LogP contribution in [0.2, 0.25) is 0 Å². The molecule has 3 rings (SSSR count). The van der Waals surface area contributed by atoms with E-state index in [1.807, 2.05) is 18.2 Å². The van der Waals surface area contributed by atoms with Crippen molar-refractivity contribution in [1.29, 1.82) is 0 Å². The molecule has 7 heteroatoms. The number of aromatic nitrogens is 1. The monoisotopic (exact) mass is 363 g/mol. The molecule has 7 nitrogen and oxygen atoms in total. The van der Waals surface area contributed by atoms with Crippen molar-refractivity contribution in [3.05, 3.63) is 77.5 Å². The molecule has 3 aromatic rings. The van der Waals surface area contributed by atoms with E-state index < -0.39 is 23.8 Å². The number of carboxylic acids is 1. The molecular formula is C20H17N3O4. The highest BCUT2D eigenvalue weighted by molar-refractivity contribution is 5.97. The van der Waals surface area contributed by atoms with Crippen LogP contribution < -0.4 is 11.1 Å². The first-order valence-electron chi connectivity index (χ1n) is 8.22. The van der Waals surface area contributed by atoms with E-state index >= 15 is 0 Å². The molecule has 1 heterocycles. The Morgan fingerprint density at radius 2 is 1.70 bits per heavy atom. The Balaban J connectivity index is 1.75. The van der Waals surface area contributed by atoms with Gasteiger partial charge in [0.1, 0.15) is 11.7 Å². The van der Waals surface area contributed by atoms with E-state index in [-0.39, 0.29) is 17.7 Å². The summed E-state index contributed by atoms with van der Waals surface area (Å²) in [4.78, 5) is 39.4. The lowest BCUT2D eigenvalue weighted by atomic mass is 10.0. The molecule has 0 radical (unpaired) electrons. The van der Waals surface area contributed by atoms with Crippen LogP contribution in [-0.4, -0.2) is 33.9 Å². The van der Waals surface area contributed by atoms with Crippen LogP contribution in [0, 0.1) is 0 Å². The van der Waals surface area contributed by atoms with Gasteiger partial charge in [-0.2, -0.15) is 0 Å². The molecule has 0 saturated heterocycles. The number of hydrogen-bond donors (Lipinski definition) is 3. The van der Waals surface area contributed by atoms with Crippen LogP contribution in [0.1, 0.15) is 26.4 Å². The van der Waals surface area contributed by atoms with E-state index in [9.17, 15) is 14.4 Å². The van der Waals surface area contributed by atoms with Crippen LogP contribution in [0.3, 0.4) is 0 Å². The summed E-state index contributed by atoms with van der Waals surface area (Å²) in [7, 11) is 0. The van der Waals surface area contributed by atoms with E-state index in [0.29, 0.717) is 11.1 Å². The molecule has 1 atom stereocenters. The molecular weight excluding hydrogens is 346 g/mol. The van der Waals surface area contributed by atoms with Gasteiger partial charge in [-0.25, -0.2) is 9.78 Å². The quantitative estimate of drug-likeness (QED) is 0.616. The van der Waals surface area contributed by atoms with Crippen LogP contribution in [0.4, 0.5) is 0 Å². The topological polar surface area (TPSA) is 122 Å². The fourth-order valence-electron chi connectivity index (χ4n) is 2.67. The van der Waals surface area contributed by atoms with Crippen molar-refractivity contribution in [2.45, 2.75) is 12.5 Å². The second kappa shape index (κ2) is 7.65. The number of carbonyl (C=O) groups excluding carboxylic acids is 2. The second-order valence-corrected chi connectivity index (χ2v) is 6.02. The van der Waals surface area contributed by atoms with E-state index in [1.54, 1.807) is 30.3 Å². The van der Waals surface area contributed by atoms with Crippen molar-refractivity contribution >= 4 is 28.7 Å². The van der Waals surface area contributed by atoms with Gasteiger partial charge in [0.05, 0.1) is 11.1 Å². The molecule has 0 spiro atoms. The number of rotatable bonds is 6. The average molecular weight is 363 g/mol. The molecule has 0 saturated carbocycles. The predicted molar refractivity (Wildman–Crippen MR) is 99.3 cm³/mol. The van der Waals surface area contributed by atoms with Crippen LogP contribution >= 0.6 is 0 Å². The number of nitrogens with one attached hydrogen (secondary N) is 1. The van der Waals surface area contributed by atoms with Gasteiger partial charge in [-0.1, -0.05) is 36.4 Å². The van der Waals surface area contributed by atoms with Gasteiger partial charge in [0.15, 0.2) is 0 Å². The molecule has 27 heavy (non-hydrogen) atoms. The average Bonchev–Trinajstić information content (AvgIpc) is 2.67. The maximum absolute atomic E-state index is 12.5. The van der Waals surface area contributed by atoms with Gasteiger partial charge in [0.25, 0.3) is 5.91 Å². The number of amides is 2. The highest BCUT2D eigenvalue weighted by Crippen LogP contribution is 2.12. The van der Waals surface area contributed by atoms with Crippen molar-refractivity contribution in [1.82, 2.24) is 10.3 Å². The summed E-state index contributed by atoms with van der Waals surface area (Å²) in [6.45, 7) is 0. The Hall–Kier alpha value is -3.74. The zero-order valence-corrected chi connectivity index (χ0v) is 14.3. The highest BCUT2D eigenvalue weighted by atomic mass is 16.4. The maximum Gasteiger partial charge on any atom is 0.335 e. The number of aromatic carboxylic acids is 1. The first kappa shape index (κ1) is 18.1. The van der Waals surface area contributed by atoms with Crippen molar-refractivity contribution in [3.63, 3.8) is 0 Å². The zero-order chi connectivity index (χ0) is 19.4. The minimum absolute atomic E-state index is 0.138. The minimum Gasteiger partial charge on any atom is -0.478 e. The van der Waals surface area contributed by atoms with Gasteiger partial charge < -0.3 is 16.2 Å². The molecule has 0 aliphatic carbocycles. The third-order valence-corrected chi connectivity index (χ3v) is 4.12. The molecule has 0 aliphatic heterocycles. The number of hydrogen-bond acceptors (Lipinski definition) is 4. The molecule has 2 amide bonds. The number of nitrogens with zero attached hydrogens (tertiary/aromatic N) is 1. The number of primary amides is 1. The van der Waals surface area contributed by atoms with E-state index in [2.05, 4.69) is 10.3 Å². The zero-order valence-electron chi connectivity index (χ0n) is 14.3. The molecule has 0 bridgehead atoms. The van der Waals surface area contributed by atoms with Crippen molar-refractivity contribution in [2.24, 2.45) is 5.73 Å². The van der Waals surface area contributed by atoms with Crippen molar-refractivity contribution in [3.8, 4) is 0 Å². The summed E-state index contributed by atoms with van der Waals surface area (Å²) in [6, 6.07) is 15.8. The van der Waals surface area contributed by atoms with Crippen LogP contribution in [0.15, 0.2) is 60.7 Å². The standard InChI is InChI=1S/C20H17N3O4/c21-18(24)17(11-12-5-7-14(8-6-12)20(26)27)23-19(25)16-10-9-13-3-1-2-4-15(13)22-16/h1-10,17H,11H2,(H2,21,24)(H,23,25)(H,26,27)/t17-/m0/s1. The number of carbonyl (C=O) groups is 3. The lowest BCUT2D eigenvalue weighted by Crippen LogP contribution is -2.46. The molecule has 0 aliphatic rings. The first-order valence-corrected chi connectivity index (χ1v) is 8.22. The van der Waals surface area contributed by atoms with E-state index in [0.717, 1.165) is 5.39 Å². The Kier molecular flexibility index (Phi) is 5.12. The molecule has 1 aromatic heterocycles. The number of pyridine rings is 1. The summed E-state index contributed by atoms with van der Waals surface area (Å²) < 4.78 is 0. The van der Waals surface area contributed by atoms with Gasteiger partial charge in [-0.05, 0) is 29.8 Å². The Labute approximate surface area is 154 Å². The Bertz CT molecular complexity index is 1020. The van der Waals surface area contributed by atoms with Crippen LogP contribution in [0.25, 0.3) is 10.9 Å². The summed E-state index contributed by atoms with van der Waals surface area (Å²) in [5, 5.41) is 12.4. The van der Waals surface area contributed by atoms with Crippen LogP contribution in [-0.2, 0) is 11.2 Å². The first-order chi connectivity index (χ1) is 12.9. The number of benzene rings is 2. The summed E-state index contributed by atoms with van der Waals surface area (Å²) in [5.41, 5.74) is 7.08. The summed E-state index contributed by atoms with van der Waals surface area (Å²) in [5.74, 6) is -2.23. The van der Waals surface area contributed by atoms with Gasteiger partial charge in [-0.15, -0.1) is 0 Å². The summed E-state index contributed by atoms with van der Waals surface area (Å²) in [6.07, 6.45) is 0.147. The molecule has 0 fully saturated rings. The Morgan fingerprint density at radius 3 is 2.37 bits per heavy atom. The fraction of sp³-hybridized carbons (Fsp3) is 0.100. The second-order valence-electron chi connectivity index (χ2n) is 6.02. The summed E-state index contributed by atoms with van der Waals surface area (Å²) >= 11 is 0. The number of fused-ring (bicyclic) bond motifs is 1. The van der Waals surface area contributed by atoms with Gasteiger partial charge in [0, 0.05) is 11.8 Å². The lowest BCUT2D eigenvalue weighted by Gasteiger charge is -2.15. The fourth-order valence-corrected chi connectivity index (χ4v) is 2.67. The Morgan fingerprint density at radius 1 is 1.00 bits per heavy atom. The molecule has 2 aromatic carbocycles. The predicted octanol–water partition coefficient (Wildman–Crippen LogP) is 1.76. The maximum atomic E-state index is 12.5. The number of carboxylic acid groups (broad SMARTS) is 1. The van der Waals surface area contributed by atoms with Gasteiger partial charge in [-0.3, -0.25) is 9.59 Å². The molecule has 4 N–H and O–H groups in total. The van der Waals surface area contributed by atoms with E-state index in [1.165, 1.54) is 12.1 Å². The van der Waals surface area contributed by atoms with Gasteiger partial charge in [0.2, 0.25) is 5.91 Å². The SMILES string of the molecule is NC(=O)[C@H](Cc1ccc(C(=O)O)cc1)NC(=O)c1ccc2ccccc2n1. The third-order valence-electron chi connectivity index (χ3n) is 4.12. The normalized spacial score (nSPS) is 11.7. The van der Waals surface area contributed by atoms with Gasteiger partial charge >= 0.3 is 5.97 Å². The third kappa shape index (κ3) is 4.27. The number of para-hydroxylation sites is 1. The molecule has 0 unspecified atom stereocenters. The molecule has 136 valence electrons. The number of nitrogens with two attached hydrogens (primary N) is 1. The lowest BCUT2D eigenvalue weighted by molar-refractivity contribution is -0.119. The van der Waals surface area contributed by atoms with E-state index in [4.69, 9.17) is 10.8 Å². The largest absolute Gasteiger partial charge is 0.478 e.